The summed E-state index contributed by atoms with van der Waals surface area (Å²) in [5.41, 5.74) is 0.769. The number of ether oxygens (including phenoxy) is 2. The lowest BCUT2D eigenvalue weighted by atomic mass is 10.1. The van der Waals surface area contributed by atoms with Crippen LogP contribution < -0.4 is 4.74 Å². The van der Waals surface area contributed by atoms with Crippen LogP contribution in [0.15, 0.2) is 29.2 Å². The molecule has 24 heavy (non-hydrogen) atoms. The summed E-state index contributed by atoms with van der Waals surface area (Å²) in [5.74, 6) is -0.331. The van der Waals surface area contributed by atoms with Crippen LogP contribution >= 0.6 is 11.8 Å². The van der Waals surface area contributed by atoms with Crippen molar-refractivity contribution in [3.63, 3.8) is 0 Å². The first-order valence-electron chi connectivity index (χ1n) is 7.59. The number of amides is 2. The van der Waals surface area contributed by atoms with Crippen molar-refractivity contribution in [1.29, 1.82) is 0 Å². The Labute approximate surface area is 144 Å². The van der Waals surface area contributed by atoms with Gasteiger partial charge >= 0.3 is 5.97 Å². The zero-order valence-electron chi connectivity index (χ0n) is 13.8. The summed E-state index contributed by atoms with van der Waals surface area (Å²) in [4.78, 5) is 38.0. The second-order valence-electron chi connectivity index (χ2n) is 5.00. The summed E-state index contributed by atoms with van der Waals surface area (Å²) in [6.07, 6.45) is 1.94. The van der Waals surface area contributed by atoms with Crippen molar-refractivity contribution in [1.82, 2.24) is 4.90 Å². The molecule has 2 amide bonds. The number of carbonyl (C=O) groups is 3. The van der Waals surface area contributed by atoms with Gasteiger partial charge in [-0.15, -0.1) is 0 Å². The molecule has 0 N–H and O–H groups in total. The Balaban J connectivity index is 2.23. The zero-order chi connectivity index (χ0) is 17.7. The molecule has 0 spiro atoms. The Morgan fingerprint density at radius 1 is 1.25 bits per heavy atom. The molecule has 0 aromatic heterocycles. The molecule has 1 fully saturated rings. The third kappa shape index (κ3) is 3.79. The molecule has 1 aliphatic rings. The minimum atomic E-state index is -0.890. The predicted molar refractivity (Wildman–Crippen MR) is 91.5 cm³/mol. The van der Waals surface area contributed by atoms with Gasteiger partial charge in [0.1, 0.15) is 11.8 Å². The minimum absolute atomic E-state index is 0.202. The van der Waals surface area contributed by atoms with Crippen LogP contribution in [0, 0.1) is 0 Å². The standard InChI is InChI=1S/C17H19NO5S/c1-4-13(16(20)23-5-2)18-15(19)14(24-17(18)21)10-11-6-8-12(22-3)9-7-11/h6-10,13H,4-5H2,1-3H3/b14-10-. The highest BCUT2D eigenvalue weighted by Gasteiger charge is 2.42. The number of nitrogens with zero attached hydrogens (tertiary/aromatic N) is 1. The van der Waals surface area contributed by atoms with Crippen LogP contribution in [0.4, 0.5) is 4.79 Å². The van der Waals surface area contributed by atoms with Gasteiger partial charge < -0.3 is 9.47 Å². The van der Waals surface area contributed by atoms with Crippen molar-refractivity contribution in [2.45, 2.75) is 26.3 Å². The van der Waals surface area contributed by atoms with E-state index in [4.69, 9.17) is 9.47 Å². The number of benzene rings is 1. The average Bonchev–Trinajstić information content (AvgIpc) is 2.84. The van der Waals surface area contributed by atoms with Gasteiger partial charge in [-0.05, 0) is 48.9 Å². The van der Waals surface area contributed by atoms with Gasteiger partial charge in [0, 0.05) is 0 Å². The van der Waals surface area contributed by atoms with Crippen molar-refractivity contribution in [3.8, 4) is 5.75 Å². The number of rotatable bonds is 6. The lowest BCUT2D eigenvalue weighted by Gasteiger charge is -2.21. The van der Waals surface area contributed by atoms with Gasteiger partial charge in [-0.2, -0.15) is 0 Å². The molecule has 1 heterocycles. The van der Waals surface area contributed by atoms with E-state index in [0.29, 0.717) is 12.2 Å². The molecule has 0 bridgehead atoms. The van der Waals surface area contributed by atoms with E-state index < -0.39 is 23.2 Å². The molecule has 128 valence electrons. The normalized spacial score (nSPS) is 17.3. The Bertz CT molecular complexity index is 668. The van der Waals surface area contributed by atoms with Crippen LogP contribution in [0.1, 0.15) is 25.8 Å². The maximum atomic E-state index is 12.5. The highest BCUT2D eigenvalue weighted by atomic mass is 32.2. The summed E-state index contributed by atoms with van der Waals surface area (Å²) < 4.78 is 10.0. The number of esters is 1. The number of imide groups is 1. The summed E-state index contributed by atoms with van der Waals surface area (Å²) in [7, 11) is 1.57. The number of thioether (sulfide) groups is 1. The van der Waals surface area contributed by atoms with Gasteiger partial charge in [0.25, 0.3) is 11.1 Å². The van der Waals surface area contributed by atoms with Crippen molar-refractivity contribution >= 4 is 35.0 Å². The maximum Gasteiger partial charge on any atom is 0.329 e. The number of carbonyl (C=O) groups excluding carboxylic acids is 3. The molecule has 0 saturated carbocycles. The molecule has 6 nitrogen and oxygen atoms in total. The molecule has 1 unspecified atom stereocenters. The summed E-state index contributed by atoms with van der Waals surface area (Å²) in [5, 5.41) is -0.459. The predicted octanol–water partition coefficient (Wildman–Crippen LogP) is 3.07. The zero-order valence-corrected chi connectivity index (χ0v) is 14.6. The molecular formula is C17H19NO5S. The smallest absolute Gasteiger partial charge is 0.329 e. The summed E-state index contributed by atoms with van der Waals surface area (Å²) in [6.45, 7) is 3.62. The fourth-order valence-electron chi connectivity index (χ4n) is 2.29. The quantitative estimate of drug-likeness (QED) is 0.580. The van der Waals surface area contributed by atoms with Gasteiger partial charge in [-0.3, -0.25) is 14.5 Å². The minimum Gasteiger partial charge on any atom is -0.497 e. The van der Waals surface area contributed by atoms with E-state index in [9.17, 15) is 14.4 Å². The lowest BCUT2D eigenvalue weighted by Crippen LogP contribution is -2.44. The fraction of sp³-hybridized carbons (Fsp3) is 0.353. The molecule has 1 atom stereocenters. The number of hydrogen-bond donors (Lipinski definition) is 0. The van der Waals surface area contributed by atoms with Gasteiger partial charge in [0.05, 0.1) is 18.6 Å². The van der Waals surface area contributed by atoms with Crippen molar-refractivity contribution in [2.75, 3.05) is 13.7 Å². The Kier molecular flexibility index (Phi) is 6.03. The van der Waals surface area contributed by atoms with Crippen molar-refractivity contribution in [2.24, 2.45) is 0 Å². The van der Waals surface area contributed by atoms with E-state index in [1.165, 1.54) is 0 Å². The van der Waals surface area contributed by atoms with Crippen LogP contribution in [-0.2, 0) is 14.3 Å². The van der Waals surface area contributed by atoms with E-state index >= 15 is 0 Å². The van der Waals surface area contributed by atoms with Gasteiger partial charge in [-0.25, -0.2) is 4.79 Å². The van der Waals surface area contributed by atoms with E-state index in [1.54, 1.807) is 51.3 Å². The first kappa shape index (κ1) is 18.1. The third-order valence-corrected chi connectivity index (χ3v) is 4.38. The Morgan fingerprint density at radius 2 is 1.92 bits per heavy atom. The van der Waals surface area contributed by atoms with E-state index in [-0.39, 0.29) is 11.5 Å². The largest absolute Gasteiger partial charge is 0.497 e. The van der Waals surface area contributed by atoms with Gasteiger partial charge in [-0.1, -0.05) is 19.1 Å². The highest BCUT2D eigenvalue weighted by Crippen LogP contribution is 2.34. The lowest BCUT2D eigenvalue weighted by molar-refractivity contribution is -0.151. The molecule has 1 aromatic carbocycles. The van der Waals surface area contributed by atoms with E-state index in [2.05, 4.69) is 0 Å². The van der Waals surface area contributed by atoms with E-state index in [1.807, 2.05) is 0 Å². The van der Waals surface area contributed by atoms with Crippen molar-refractivity contribution < 1.29 is 23.9 Å². The highest BCUT2D eigenvalue weighted by molar-refractivity contribution is 8.18. The fourth-order valence-corrected chi connectivity index (χ4v) is 3.17. The van der Waals surface area contributed by atoms with Crippen LogP contribution in [-0.4, -0.2) is 41.8 Å². The Hall–Kier alpha value is -2.28. The number of methoxy groups -OCH3 is 1. The van der Waals surface area contributed by atoms with Crippen LogP contribution in [0.3, 0.4) is 0 Å². The van der Waals surface area contributed by atoms with Crippen molar-refractivity contribution in [3.05, 3.63) is 34.7 Å². The molecule has 7 heteroatoms. The average molecular weight is 349 g/mol. The first-order valence-corrected chi connectivity index (χ1v) is 8.41. The topological polar surface area (TPSA) is 72.9 Å². The molecular weight excluding hydrogens is 330 g/mol. The molecule has 0 aliphatic carbocycles. The Morgan fingerprint density at radius 3 is 2.46 bits per heavy atom. The van der Waals surface area contributed by atoms with Crippen LogP contribution in [0.25, 0.3) is 6.08 Å². The summed E-state index contributed by atoms with van der Waals surface area (Å²) in [6, 6.07) is 6.22. The first-order chi connectivity index (χ1) is 11.5. The molecule has 2 rings (SSSR count). The van der Waals surface area contributed by atoms with Gasteiger partial charge in [0.2, 0.25) is 0 Å². The van der Waals surface area contributed by atoms with Crippen LogP contribution in [0.2, 0.25) is 0 Å². The molecule has 0 radical (unpaired) electrons. The molecule has 1 saturated heterocycles. The molecule has 1 aliphatic heterocycles. The summed E-state index contributed by atoms with van der Waals surface area (Å²) >= 11 is 0.825. The number of hydrogen-bond acceptors (Lipinski definition) is 6. The SMILES string of the molecule is CCOC(=O)C(CC)N1C(=O)S/C(=C\c2ccc(OC)cc2)C1=O. The van der Waals surface area contributed by atoms with E-state index in [0.717, 1.165) is 22.2 Å². The monoisotopic (exact) mass is 349 g/mol. The maximum absolute atomic E-state index is 12.5. The van der Waals surface area contributed by atoms with Gasteiger partial charge in [0.15, 0.2) is 0 Å². The second kappa shape index (κ2) is 8.01. The second-order valence-corrected chi connectivity index (χ2v) is 5.99. The molecule has 1 aromatic rings. The van der Waals surface area contributed by atoms with Crippen LogP contribution in [0.5, 0.6) is 5.75 Å². The third-order valence-electron chi connectivity index (χ3n) is 3.49.